The average Bonchev–Trinajstić information content (AvgIpc) is 2.23. The minimum Gasteiger partial charge on any atom is -0.496 e. The third kappa shape index (κ3) is 2.25. The Morgan fingerprint density at radius 2 is 1.81 bits per heavy atom. The van der Waals surface area contributed by atoms with Crippen molar-refractivity contribution in [3.63, 3.8) is 0 Å². The van der Waals surface area contributed by atoms with E-state index in [0.29, 0.717) is 0 Å². The molecule has 0 aliphatic heterocycles. The quantitative estimate of drug-likeness (QED) is 0.706. The van der Waals surface area contributed by atoms with Crippen molar-refractivity contribution in [3.8, 4) is 11.8 Å². The number of aryl methyl sites for hydroxylation is 2. The lowest BCUT2D eigenvalue weighted by Gasteiger charge is -2.11. The van der Waals surface area contributed by atoms with Crippen molar-refractivity contribution in [1.29, 1.82) is 5.26 Å². The summed E-state index contributed by atoms with van der Waals surface area (Å²) in [4.78, 5) is 0. The molecule has 0 saturated carbocycles. The molecule has 0 atom stereocenters. The van der Waals surface area contributed by atoms with Crippen molar-refractivity contribution in [1.82, 2.24) is 0 Å². The van der Waals surface area contributed by atoms with Crippen LogP contribution in [0, 0.1) is 25.2 Å². The van der Waals surface area contributed by atoms with E-state index in [4.69, 9.17) is 10.00 Å². The van der Waals surface area contributed by atoms with Crippen LogP contribution in [0.4, 0.5) is 0 Å². The molecule has 2 heteroatoms. The summed E-state index contributed by atoms with van der Waals surface area (Å²) in [6.45, 7) is 7.90. The van der Waals surface area contributed by atoms with Crippen LogP contribution in [-0.2, 0) is 0 Å². The van der Waals surface area contributed by atoms with E-state index in [-0.39, 0.29) is 0 Å². The van der Waals surface area contributed by atoms with E-state index in [1.807, 2.05) is 39.8 Å². The Balaban J connectivity index is 3.44. The van der Waals surface area contributed by atoms with Crippen LogP contribution in [-0.4, -0.2) is 7.11 Å². The van der Waals surface area contributed by atoms with E-state index in [2.05, 4.69) is 6.07 Å². The molecule has 0 amide bonds. The smallest absolute Gasteiger partial charge is 0.122 e. The van der Waals surface area contributed by atoms with Gasteiger partial charge in [-0.05, 0) is 56.5 Å². The highest BCUT2D eigenvalue weighted by molar-refractivity contribution is 5.81. The molecule has 0 saturated heterocycles. The van der Waals surface area contributed by atoms with Gasteiger partial charge in [0, 0.05) is 0 Å². The highest BCUT2D eigenvalue weighted by atomic mass is 16.5. The van der Waals surface area contributed by atoms with Gasteiger partial charge in [0.1, 0.15) is 5.75 Å². The maximum absolute atomic E-state index is 9.15. The molecule has 0 radical (unpaired) electrons. The van der Waals surface area contributed by atoms with Gasteiger partial charge in [-0.15, -0.1) is 0 Å². The molecular formula is C14H17NO. The van der Waals surface area contributed by atoms with Gasteiger partial charge in [0.25, 0.3) is 0 Å². The summed E-state index contributed by atoms with van der Waals surface area (Å²) >= 11 is 0. The lowest BCUT2D eigenvalue weighted by molar-refractivity contribution is 0.411. The standard InChI is InChI=1S/C14H17NO/c1-9(2)13(8-15)12-6-11(4)14(16-5)7-10(12)3/h6-7H,1-5H3. The van der Waals surface area contributed by atoms with Gasteiger partial charge in [0.05, 0.1) is 18.8 Å². The van der Waals surface area contributed by atoms with Crippen molar-refractivity contribution >= 4 is 5.57 Å². The molecular weight excluding hydrogens is 198 g/mol. The second kappa shape index (κ2) is 4.85. The van der Waals surface area contributed by atoms with E-state index in [0.717, 1.165) is 33.6 Å². The molecule has 2 nitrogen and oxygen atoms in total. The molecule has 0 N–H and O–H groups in total. The molecule has 16 heavy (non-hydrogen) atoms. The fraction of sp³-hybridized carbons (Fsp3) is 0.357. The average molecular weight is 215 g/mol. The number of methoxy groups -OCH3 is 1. The van der Waals surface area contributed by atoms with Crippen molar-refractivity contribution in [3.05, 3.63) is 34.4 Å². The number of hydrogen-bond donors (Lipinski definition) is 0. The van der Waals surface area contributed by atoms with Gasteiger partial charge in [-0.3, -0.25) is 0 Å². The van der Waals surface area contributed by atoms with Crippen LogP contribution in [0.25, 0.3) is 5.57 Å². The SMILES string of the molecule is COc1cc(C)c(C(C#N)=C(C)C)cc1C. The number of ether oxygens (including phenoxy) is 1. The van der Waals surface area contributed by atoms with Crippen LogP contribution in [0.15, 0.2) is 17.7 Å². The zero-order valence-electron chi connectivity index (χ0n) is 10.5. The normalized spacial score (nSPS) is 9.50. The number of benzene rings is 1. The molecule has 0 aromatic heterocycles. The first-order chi connectivity index (χ1) is 7.51. The first kappa shape index (κ1) is 12.3. The first-order valence-electron chi connectivity index (χ1n) is 5.24. The molecule has 1 aromatic carbocycles. The maximum atomic E-state index is 9.15. The van der Waals surface area contributed by atoms with E-state index < -0.39 is 0 Å². The van der Waals surface area contributed by atoms with Crippen LogP contribution in [0.1, 0.15) is 30.5 Å². The summed E-state index contributed by atoms with van der Waals surface area (Å²) in [5, 5.41) is 9.15. The number of rotatable bonds is 2. The summed E-state index contributed by atoms with van der Waals surface area (Å²) < 4.78 is 5.26. The highest BCUT2D eigenvalue weighted by Gasteiger charge is 2.09. The Morgan fingerprint density at radius 3 is 2.25 bits per heavy atom. The number of hydrogen-bond acceptors (Lipinski definition) is 2. The highest BCUT2D eigenvalue weighted by Crippen LogP contribution is 2.28. The second-order valence-electron chi connectivity index (χ2n) is 4.12. The summed E-state index contributed by atoms with van der Waals surface area (Å²) in [6, 6.07) is 6.25. The Labute approximate surface area is 97.2 Å². The predicted octanol–water partition coefficient (Wildman–Crippen LogP) is 3.63. The molecule has 0 fully saturated rings. The third-order valence-corrected chi connectivity index (χ3v) is 2.62. The maximum Gasteiger partial charge on any atom is 0.122 e. The third-order valence-electron chi connectivity index (χ3n) is 2.62. The van der Waals surface area contributed by atoms with Gasteiger partial charge in [0.2, 0.25) is 0 Å². The summed E-state index contributed by atoms with van der Waals surface area (Å²) in [5.74, 6) is 0.868. The van der Waals surface area contributed by atoms with Gasteiger partial charge in [-0.2, -0.15) is 5.26 Å². The Morgan fingerprint density at radius 1 is 1.19 bits per heavy atom. The summed E-state index contributed by atoms with van der Waals surface area (Å²) in [5.41, 5.74) is 4.91. The Bertz CT molecular complexity index is 474. The fourth-order valence-corrected chi connectivity index (χ4v) is 1.72. The van der Waals surface area contributed by atoms with Gasteiger partial charge in [0.15, 0.2) is 0 Å². The largest absolute Gasteiger partial charge is 0.496 e. The van der Waals surface area contributed by atoms with E-state index in [1.165, 1.54) is 0 Å². The van der Waals surface area contributed by atoms with Crippen LogP contribution in [0.3, 0.4) is 0 Å². The molecule has 1 aromatic rings. The molecule has 1 rings (SSSR count). The van der Waals surface area contributed by atoms with Crippen LogP contribution >= 0.6 is 0 Å². The zero-order valence-corrected chi connectivity index (χ0v) is 10.5. The van der Waals surface area contributed by atoms with E-state index >= 15 is 0 Å². The lowest BCUT2D eigenvalue weighted by Crippen LogP contribution is -1.94. The molecule has 0 spiro atoms. The Kier molecular flexibility index (Phi) is 3.73. The Hall–Kier alpha value is -1.75. The zero-order chi connectivity index (χ0) is 12.3. The molecule has 0 heterocycles. The van der Waals surface area contributed by atoms with Gasteiger partial charge >= 0.3 is 0 Å². The topological polar surface area (TPSA) is 33.0 Å². The number of nitriles is 1. The number of allylic oxidation sites excluding steroid dienone is 2. The monoisotopic (exact) mass is 215 g/mol. The molecule has 0 aliphatic rings. The molecule has 0 bridgehead atoms. The van der Waals surface area contributed by atoms with E-state index in [1.54, 1.807) is 7.11 Å². The minimum atomic E-state index is 0.753. The van der Waals surface area contributed by atoms with Gasteiger partial charge in [-0.1, -0.05) is 5.57 Å². The van der Waals surface area contributed by atoms with Crippen molar-refractivity contribution in [2.24, 2.45) is 0 Å². The summed E-state index contributed by atoms with van der Waals surface area (Å²) in [6.07, 6.45) is 0. The van der Waals surface area contributed by atoms with Gasteiger partial charge < -0.3 is 4.74 Å². The molecule has 84 valence electrons. The van der Waals surface area contributed by atoms with Crippen LogP contribution in [0.5, 0.6) is 5.75 Å². The first-order valence-corrected chi connectivity index (χ1v) is 5.24. The molecule has 0 aliphatic carbocycles. The number of nitrogens with zero attached hydrogens (tertiary/aromatic N) is 1. The fourth-order valence-electron chi connectivity index (χ4n) is 1.72. The summed E-state index contributed by atoms with van der Waals surface area (Å²) in [7, 11) is 1.66. The van der Waals surface area contributed by atoms with Crippen molar-refractivity contribution < 1.29 is 4.74 Å². The predicted molar refractivity (Wildman–Crippen MR) is 66.3 cm³/mol. The van der Waals surface area contributed by atoms with Crippen molar-refractivity contribution in [2.75, 3.05) is 7.11 Å². The second-order valence-corrected chi connectivity index (χ2v) is 4.12. The van der Waals surface area contributed by atoms with Crippen LogP contribution in [0.2, 0.25) is 0 Å². The van der Waals surface area contributed by atoms with Crippen molar-refractivity contribution in [2.45, 2.75) is 27.7 Å². The minimum absolute atomic E-state index is 0.753. The van der Waals surface area contributed by atoms with Crippen LogP contribution < -0.4 is 4.74 Å². The lowest BCUT2D eigenvalue weighted by atomic mass is 9.96. The van der Waals surface area contributed by atoms with Gasteiger partial charge in [-0.25, -0.2) is 0 Å². The molecule has 0 unspecified atom stereocenters. The van der Waals surface area contributed by atoms with E-state index in [9.17, 15) is 0 Å².